The Morgan fingerprint density at radius 3 is 2.89 bits per heavy atom. The summed E-state index contributed by atoms with van der Waals surface area (Å²) in [4.78, 5) is 4.32. The minimum Gasteiger partial charge on any atom is -0.439 e. The molecular weight excluding hydrogens is 292 g/mol. The van der Waals surface area contributed by atoms with Crippen molar-refractivity contribution < 1.29 is 4.42 Å². The third kappa shape index (κ3) is 2.82. The molecule has 3 nitrogen and oxygen atoms in total. The Bertz CT molecular complexity index is 536. The first kappa shape index (κ1) is 13.3. The average Bonchev–Trinajstić information content (AvgIpc) is 2.82. The minimum absolute atomic E-state index is 0.139. The Morgan fingerprint density at radius 1 is 1.44 bits per heavy atom. The van der Waals surface area contributed by atoms with Gasteiger partial charge >= 0.3 is 0 Å². The van der Waals surface area contributed by atoms with Gasteiger partial charge in [0, 0.05) is 10.0 Å². The molecule has 1 aromatic carbocycles. The van der Waals surface area contributed by atoms with E-state index in [9.17, 15) is 0 Å². The molecule has 4 heteroatoms. The van der Waals surface area contributed by atoms with Gasteiger partial charge in [-0.15, -0.1) is 0 Å². The van der Waals surface area contributed by atoms with Crippen molar-refractivity contribution in [3.05, 3.63) is 40.3 Å². The molecule has 0 fully saturated rings. The molecular formula is C14H17BrN2O. The van der Waals surface area contributed by atoms with Crippen LogP contribution >= 0.6 is 15.9 Å². The molecule has 0 radical (unpaired) electrons. The molecule has 0 bridgehead atoms. The van der Waals surface area contributed by atoms with Crippen LogP contribution in [0.3, 0.4) is 0 Å². The van der Waals surface area contributed by atoms with Gasteiger partial charge in [0.15, 0.2) is 5.76 Å². The normalized spacial score (nSPS) is 12.7. The monoisotopic (exact) mass is 308 g/mol. The number of halogens is 1. The third-order valence-corrected chi connectivity index (χ3v) is 3.74. The molecule has 18 heavy (non-hydrogen) atoms. The molecule has 0 spiro atoms. The topological polar surface area (TPSA) is 38.1 Å². The molecule has 1 unspecified atom stereocenters. The van der Waals surface area contributed by atoms with E-state index in [2.05, 4.69) is 46.1 Å². The fourth-order valence-corrected chi connectivity index (χ4v) is 2.06. The number of nitrogens with zero attached hydrogens (tertiary/aromatic N) is 1. The van der Waals surface area contributed by atoms with Crippen molar-refractivity contribution in [2.75, 3.05) is 6.54 Å². The van der Waals surface area contributed by atoms with Gasteiger partial charge in [-0.25, -0.2) is 4.98 Å². The Hall–Kier alpha value is -1.13. The van der Waals surface area contributed by atoms with Crippen LogP contribution in [0.15, 0.2) is 33.3 Å². The van der Waals surface area contributed by atoms with E-state index >= 15 is 0 Å². The second-order valence-corrected chi connectivity index (χ2v) is 5.16. The van der Waals surface area contributed by atoms with Gasteiger partial charge in [0.2, 0.25) is 5.89 Å². The van der Waals surface area contributed by atoms with Crippen LogP contribution in [0.2, 0.25) is 0 Å². The molecule has 0 amide bonds. The lowest BCUT2D eigenvalue weighted by Crippen LogP contribution is -2.17. The molecule has 1 heterocycles. The van der Waals surface area contributed by atoms with Gasteiger partial charge in [0.25, 0.3) is 0 Å². The number of hydrogen-bond donors (Lipinski definition) is 1. The fraction of sp³-hybridized carbons (Fsp3) is 0.357. The zero-order valence-electron chi connectivity index (χ0n) is 10.8. The second-order valence-electron chi connectivity index (χ2n) is 4.31. The van der Waals surface area contributed by atoms with Gasteiger partial charge in [-0.3, -0.25) is 0 Å². The van der Waals surface area contributed by atoms with Crippen molar-refractivity contribution in [1.29, 1.82) is 0 Å². The van der Waals surface area contributed by atoms with Crippen molar-refractivity contribution >= 4 is 15.9 Å². The van der Waals surface area contributed by atoms with Crippen LogP contribution in [-0.2, 0) is 0 Å². The molecule has 2 rings (SSSR count). The van der Waals surface area contributed by atoms with E-state index < -0.39 is 0 Å². The summed E-state index contributed by atoms with van der Waals surface area (Å²) >= 11 is 3.49. The predicted octanol–water partition coefficient (Wildman–Crippen LogP) is 4.08. The van der Waals surface area contributed by atoms with Gasteiger partial charge in [-0.1, -0.05) is 28.9 Å². The van der Waals surface area contributed by atoms with Crippen molar-refractivity contribution in [3.8, 4) is 11.3 Å². The maximum absolute atomic E-state index is 5.79. The lowest BCUT2D eigenvalue weighted by atomic mass is 10.1. The van der Waals surface area contributed by atoms with Crippen LogP contribution in [0.25, 0.3) is 11.3 Å². The number of benzene rings is 1. The highest BCUT2D eigenvalue weighted by atomic mass is 79.9. The van der Waals surface area contributed by atoms with Crippen LogP contribution < -0.4 is 5.32 Å². The summed E-state index contributed by atoms with van der Waals surface area (Å²) in [5, 5.41) is 3.28. The summed E-state index contributed by atoms with van der Waals surface area (Å²) < 4.78 is 6.89. The number of oxazole rings is 1. The van der Waals surface area contributed by atoms with Crippen LogP contribution in [0, 0.1) is 6.92 Å². The Balaban J connectivity index is 2.26. The van der Waals surface area contributed by atoms with Crippen LogP contribution in [0.4, 0.5) is 0 Å². The summed E-state index contributed by atoms with van der Waals surface area (Å²) in [7, 11) is 0. The molecule has 1 N–H and O–H groups in total. The number of hydrogen-bond acceptors (Lipinski definition) is 3. The molecule has 0 aliphatic heterocycles. The van der Waals surface area contributed by atoms with Gasteiger partial charge in [-0.2, -0.15) is 0 Å². The van der Waals surface area contributed by atoms with Gasteiger partial charge in [0.1, 0.15) is 0 Å². The summed E-state index contributed by atoms with van der Waals surface area (Å²) in [6.07, 6.45) is 1.78. The largest absolute Gasteiger partial charge is 0.439 e. The standard InChI is InChI=1S/C14H17BrN2O/c1-4-16-10(3)14-17-8-13(18-14)11-5-6-12(15)9(2)7-11/h5-8,10,16H,4H2,1-3H3. The second kappa shape index (κ2) is 5.67. The lowest BCUT2D eigenvalue weighted by molar-refractivity contribution is 0.429. The van der Waals surface area contributed by atoms with E-state index in [0.717, 1.165) is 28.2 Å². The zero-order valence-corrected chi connectivity index (χ0v) is 12.4. The molecule has 0 aliphatic carbocycles. The number of rotatable bonds is 4. The summed E-state index contributed by atoms with van der Waals surface area (Å²) in [5.74, 6) is 1.54. The summed E-state index contributed by atoms with van der Waals surface area (Å²) in [6, 6.07) is 6.28. The molecule has 2 aromatic rings. The maximum atomic E-state index is 5.79. The highest BCUT2D eigenvalue weighted by Gasteiger charge is 2.12. The van der Waals surface area contributed by atoms with Gasteiger partial charge in [-0.05, 0) is 38.1 Å². The number of aryl methyl sites for hydroxylation is 1. The first-order chi connectivity index (χ1) is 8.61. The van der Waals surface area contributed by atoms with E-state index in [0.29, 0.717) is 0 Å². The van der Waals surface area contributed by atoms with Gasteiger partial charge in [0.05, 0.1) is 12.2 Å². The van der Waals surface area contributed by atoms with Crippen molar-refractivity contribution in [2.45, 2.75) is 26.8 Å². The van der Waals surface area contributed by atoms with E-state index in [4.69, 9.17) is 4.42 Å². The van der Waals surface area contributed by atoms with Crippen molar-refractivity contribution in [2.24, 2.45) is 0 Å². The molecule has 0 aliphatic rings. The van der Waals surface area contributed by atoms with Crippen LogP contribution in [0.1, 0.15) is 31.3 Å². The Morgan fingerprint density at radius 2 is 2.22 bits per heavy atom. The van der Waals surface area contributed by atoms with E-state index in [1.165, 1.54) is 5.56 Å². The third-order valence-electron chi connectivity index (χ3n) is 2.85. The quantitative estimate of drug-likeness (QED) is 0.924. The molecule has 0 saturated carbocycles. The van der Waals surface area contributed by atoms with E-state index in [1.54, 1.807) is 6.20 Å². The number of nitrogens with one attached hydrogen (secondary N) is 1. The lowest BCUT2D eigenvalue weighted by Gasteiger charge is -2.07. The maximum Gasteiger partial charge on any atom is 0.211 e. The summed E-state index contributed by atoms with van der Waals surface area (Å²) in [5.41, 5.74) is 2.24. The average molecular weight is 309 g/mol. The zero-order chi connectivity index (χ0) is 13.1. The Labute approximate surface area is 116 Å². The minimum atomic E-state index is 0.139. The van der Waals surface area contributed by atoms with Gasteiger partial charge < -0.3 is 9.73 Å². The molecule has 1 atom stereocenters. The van der Waals surface area contributed by atoms with Crippen molar-refractivity contribution in [3.63, 3.8) is 0 Å². The fourth-order valence-electron chi connectivity index (χ4n) is 1.81. The van der Waals surface area contributed by atoms with Crippen molar-refractivity contribution in [1.82, 2.24) is 10.3 Å². The number of aromatic nitrogens is 1. The highest BCUT2D eigenvalue weighted by molar-refractivity contribution is 9.10. The van der Waals surface area contributed by atoms with E-state index in [-0.39, 0.29) is 6.04 Å². The first-order valence-corrected chi connectivity index (χ1v) is 6.86. The first-order valence-electron chi connectivity index (χ1n) is 6.07. The van der Waals surface area contributed by atoms with E-state index in [1.807, 2.05) is 19.1 Å². The molecule has 0 saturated heterocycles. The predicted molar refractivity (Wildman–Crippen MR) is 76.5 cm³/mol. The van der Waals surface area contributed by atoms with Crippen LogP contribution in [0.5, 0.6) is 0 Å². The molecule has 96 valence electrons. The smallest absolute Gasteiger partial charge is 0.211 e. The SMILES string of the molecule is CCNC(C)c1ncc(-c2ccc(Br)c(C)c2)o1. The highest BCUT2D eigenvalue weighted by Crippen LogP contribution is 2.26. The Kier molecular flexibility index (Phi) is 4.19. The molecule has 1 aromatic heterocycles. The summed E-state index contributed by atoms with van der Waals surface area (Å²) in [6.45, 7) is 7.08. The van der Waals surface area contributed by atoms with Crippen LogP contribution in [-0.4, -0.2) is 11.5 Å².